The van der Waals surface area contributed by atoms with E-state index >= 15 is 0 Å². The summed E-state index contributed by atoms with van der Waals surface area (Å²) >= 11 is 0. The zero-order valence-corrected chi connectivity index (χ0v) is 11.6. The molecule has 1 aliphatic rings. The number of aliphatic carboxylic acids is 1. The quantitative estimate of drug-likeness (QED) is 0.884. The Labute approximate surface area is 117 Å². The van der Waals surface area contributed by atoms with Gasteiger partial charge in [-0.3, -0.25) is 9.59 Å². The Hall–Kier alpha value is -1.85. The van der Waals surface area contributed by atoms with Crippen LogP contribution >= 0.6 is 0 Å². The predicted molar refractivity (Wildman–Crippen MR) is 71.3 cm³/mol. The molecule has 1 fully saturated rings. The van der Waals surface area contributed by atoms with Gasteiger partial charge in [-0.2, -0.15) is 0 Å². The summed E-state index contributed by atoms with van der Waals surface area (Å²) in [5.41, 5.74) is 0.514. The number of aromatic nitrogens is 1. The Morgan fingerprint density at radius 2 is 2.00 bits per heavy atom. The molecule has 0 aromatic carbocycles. The predicted octanol–water partition coefficient (Wildman–Crippen LogP) is 2.14. The number of rotatable bonds is 3. The number of carbonyl (C=O) groups excluding carboxylic acids is 1. The summed E-state index contributed by atoms with van der Waals surface area (Å²) in [5, 5.41) is 12.1. The van der Waals surface area contributed by atoms with Gasteiger partial charge in [-0.1, -0.05) is 25.7 Å². The number of carbonyl (C=O) groups is 2. The molecule has 1 heterocycles. The molecular formula is C14H20N2O4. The van der Waals surface area contributed by atoms with Crippen molar-refractivity contribution < 1.29 is 19.1 Å². The molecule has 2 rings (SSSR count). The first-order valence-electron chi connectivity index (χ1n) is 7.03. The highest BCUT2D eigenvalue weighted by atomic mass is 16.4. The van der Waals surface area contributed by atoms with Gasteiger partial charge in [0.2, 0.25) is 5.76 Å². The van der Waals surface area contributed by atoms with Gasteiger partial charge in [-0.15, -0.1) is 0 Å². The molecule has 0 spiro atoms. The number of nitrogens with one attached hydrogen (secondary N) is 1. The first kappa shape index (κ1) is 14.6. The van der Waals surface area contributed by atoms with E-state index in [4.69, 9.17) is 4.42 Å². The lowest BCUT2D eigenvalue weighted by atomic mass is 9.86. The van der Waals surface area contributed by atoms with E-state index in [1.807, 2.05) is 0 Å². The molecule has 20 heavy (non-hydrogen) atoms. The van der Waals surface area contributed by atoms with Crippen LogP contribution in [-0.4, -0.2) is 28.0 Å². The van der Waals surface area contributed by atoms with Crippen LogP contribution in [0.1, 0.15) is 54.8 Å². The lowest BCUT2D eigenvalue weighted by Crippen LogP contribution is -2.44. The summed E-state index contributed by atoms with van der Waals surface area (Å²) in [6.45, 7) is 1.69. The third-order valence-corrected chi connectivity index (χ3v) is 3.85. The zero-order valence-electron chi connectivity index (χ0n) is 11.6. The van der Waals surface area contributed by atoms with E-state index in [0.29, 0.717) is 18.5 Å². The molecule has 2 unspecified atom stereocenters. The number of carboxylic acids is 1. The minimum absolute atomic E-state index is 0.163. The van der Waals surface area contributed by atoms with Crippen LogP contribution in [0.5, 0.6) is 0 Å². The lowest BCUT2D eigenvalue weighted by molar-refractivity contribution is -0.143. The number of carboxylic acid groups (broad SMARTS) is 1. The van der Waals surface area contributed by atoms with Gasteiger partial charge in [-0.05, 0) is 19.8 Å². The molecule has 1 aromatic heterocycles. The van der Waals surface area contributed by atoms with E-state index in [-0.39, 0.29) is 17.7 Å². The van der Waals surface area contributed by atoms with Crippen molar-refractivity contribution in [1.29, 1.82) is 0 Å². The molecule has 2 atom stereocenters. The molecule has 1 aliphatic carbocycles. The van der Waals surface area contributed by atoms with Crippen molar-refractivity contribution >= 4 is 11.9 Å². The van der Waals surface area contributed by atoms with Crippen molar-refractivity contribution in [2.45, 2.75) is 51.5 Å². The molecule has 6 heteroatoms. The standard InChI is InChI=1S/C14H20N2O4/c1-9-12(20-8-15-9)13(17)16-11-7-5-3-2-4-6-10(11)14(18)19/h8,10-11H,2-7H2,1H3,(H,16,17)(H,18,19). The molecule has 6 nitrogen and oxygen atoms in total. The number of hydrogen-bond acceptors (Lipinski definition) is 4. The second kappa shape index (κ2) is 6.54. The Balaban J connectivity index is 2.08. The molecule has 0 bridgehead atoms. The van der Waals surface area contributed by atoms with Crippen LogP contribution in [0.15, 0.2) is 10.8 Å². The molecular weight excluding hydrogens is 260 g/mol. The number of aryl methyl sites for hydroxylation is 1. The Bertz CT molecular complexity index is 483. The molecule has 1 saturated carbocycles. The van der Waals surface area contributed by atoms with Gasteiger partial charge in [0.25, 0.3) is 5.91 Å². The minimum Gasteiger partial charge on any atom is -0.481 e. The topological polar surface area (TPSA) is 92.4 Å². The monoisotopic (exact) mass is 280 g/mol. The van der Waals surface area contributed by atoms with E-state index in [2.05, 4.69) is 10.3 Å². The molecule has 1 aromatic rings. The highest BCUT2D eigenvalue weighted by molar-refractivity contribution is 5.92. The third-order valence-electron chi connectivity index (χ3n) is 3.85. The first-order valence-corrected chi connectivity index (χ1v) is 7.03. The lowest BCUT2D eigenvalue weighted by Gasteiger charge is -2.26. The summed E-state index contributed by atoms with van der Waals surface area (Å²) in [6.07, 6.45) is 6.49. The number of amides is 1. The SMILES string of the molecule is Cc1ncoc1C(=O)NC1CCCCCCC1C(=O)O. The second-order valence-corrected chi connectivity index (χ2v) is 5.28. The van der Waals surface area contributed by atoms with Crippen LogP contribution in [-0.2, 0) is 4.79 Å². The fourth-order valence-corrected chi connectivity index (χ4v) is 2.71. The smallest absolute Gasteiger partial charge is 0.308 e. The van der Waals surface area contributed by atoms with Crippen molar-refractivity contribution in [3.05, 3.63) is 17.8 Å². The molecule has 2 N–H and O–H groups in total. The highest BCUT2D eigenvalue weighted by Gasteiger charge is 2.31. The second-order valence-electron chi connectivity index (χ2n) is 5.28. The molecule has 0 saturated heterocycles. The van der Waals surface area contributed by atoms with Gasteiger partial charge in [0.1, 0.15) is 0 Å². The summed E-state index contributed by atoms with van der Waals surface area (Å²) in [4.78, 5) is 27.4. The summed E-state index contributed by atoms with van der Waals surface area (Å²) < 4.78 is 5.05. The maximum atomic E-state index is 12.1. The Morgan fingerprint density at radius 1 is 1.30 bits per heavy atom. The normalized spacial score (nSPS) is 23.6. The van der Waals surface area contributed by atoms with Gasteiger partial charge in [0.15, 0.2) is 6.39 Å². The van der Waals surface area contributed by atoms with Crippen molar-refractivity contribution in [2.75, 3.05) is 0 Å². The van der Waals surface area contributed by atoms with Crippen LogP contribution in [0.25, 0.3) is 0 Å². The average molecular weight is 280 g/mol. The largest absolute Gasteiger partial charge is 0.481 e. The van der Waals surface area contributed by atoms with Crippen LogP contribution in [0.4, 0.5) is 0 Å². The summed E-state index contributed by atoms with van der Waals surface area (Å²) in [5.74, 6) is -1.58. The van der Waals surface area contributed by atoms with E-state index in [9.17, 15) is 14.7 Å². The van der Waals surface area contributed by atoms with Gasteiger partial charge in [0, 0.05) is 6.04 Å². The number of oxazole rings is 1. The fourth-order valence-electron chi connectivity index (χ4n) is 2.71. The molecule has 0 aliphatic heterocycles. The number of hydrogen-bond donors (Lipinski definition) is 2. The van der Waals surface area contributed by atoms with Crippen molar-refractivity contribution in [3.8, 4) is 0 Å². The Morgan fingerprint density at radius 3 is 2.60 bits per heavy atom. The van der Waals surface area contributed by atoms with E-state index in [0.717, 1.165) is 25.7 Å². The maximum absolute atomic E-state index is 12.1. The van der Waals surface area contributed by atoms with Gasteiger partial charge < -0.3 is 14.8 Å². The van der Waals surface area contributed by atoms with Crippen LogP contribution in [0, 0.1) is 12.8 Å². The molecule has 0 radical (unpaired) electrons. The average Bonchev–Trinajstić information content (AvgIpc) is 2.78. The van der Waals surface area contributed by atoms with Gasteiger partial charge in [0.05, 0.1) is 11.6 Å². The van der Waals surface area contributed by atoms with Gasteiger partial charge in [-0.25, -0.2) is 4.98 Å². The molecule has 110 valence electrons. The van der Waals surface area contributed by atoms with Gasteiger partial charge >= 0.3 is 5.97 Å². The van der Waals surface area contributed by atoms with Crippen molar-refractivity contribution in [1.82, 2.24) is 10.3 Å². The summed E-state index contributed by atoms with van der Waals surface area (Å²) in [6, 6.07) is -0.343. The zero-order chi connectivity index (χ0) is 14.5. The minimum atomic E-state index is -0.841. The van der Waals surface area contributed by atoms with Crippen molar-refractivity contribution in [3.63, 3.8) is 0 Å². The number of nitrogens with zero attached hydrogens (tertiary/aromatic N) is 1. The molecule has 1 amide bonds. The first-order chi connectivity index (χ1) is 9.59. The van der Waals surface area contributed by atoms with E-state index in [1.54, 1.807) is 6.92 Å². The maximum Gasteiger partial charge on any atom is 0.308 e. The van der Waals surface area contributed by atoms with E-state index < -0.39 is 11.9 Å². The van der Waals surface area contributed by atoms with Crippen LogP contribution in [0.2, 0.25) is 0 Å². The van der Waals surface area contributed by atoms with Crippen LogP contribution in [0.3, 0.4) is 0 Å². The fraction of sp³-hybridized carbons (Fsp3) is 0.643. The van der Waals surface area contributed by atoms with E-state index in [1.165, 1.54) is 6.39 Å². The highest BCUT2D eigenvalue weighted by Crippen LogP contribution is 2.23. The van der Waals surface area contributed by atoms with Crippen molar-refractivity contribution in [2.24, 2.45) is 5.92 Å². The third kappa shape index (κ3) is 3.37. The Kier molecular flexibility index (Phi) is 4.76. The van der Waals surface area contributed by atoms with Crippen LogP contribution < -0.4 is 5.32 Å². The summed E-state index contributed by atoms with van der Waals surface area (Å²) in [7, 11) is 0.